The lowest BCUT2D eigenvalue weighted by Crippen LogP contribution is -2.41. The summed E-state index contributed by atoms with van der Waals surface area (Å²) in [5, 5.41) is 3.11. The van der Waals surface area contributed by atoms with Gasteiger partial charge in [-0.3, -0.25) is 9.69 Å². The highest BCUT2D eigenvalue weighted by molar-refractivity contribution is 5.77. The summed E-state index contributed by atoms with van der Waals surface area (Å²) in [7, 11) is 4.09. The predicted octanol–water partition coefficient (Wildman–Crippen LogP) is 4.36. The number of anilines is 1. The van der Waals surface area contributed by atoms with Gasteiger partial charge in [0.1, 0.15) is 5.75 Å². The van der Waals surface area contributed by atoms with Crippen LogP contribution in [0.15, 0.2) is 72.8 Å². The molecule has 1 amide bonds. The summed E-state index contributed by atoms with van der Waals surface area (Å²) >= 11 is 0. The molecule has 4 rings (SSSR count). The number of ether oxygens (including phenoxy) is 1. The van der Waals surface area contributed by atoms with E-state index in [4.69, 9.17) is 4.74 Å². The molecule has 5 nitrogen and oxygen atoms in total. The number of hydrogen-bond acceptors (Lipinski definition) is 4. The summed E-state index contributed by atoms with van der Waals surface area (Å²) < 4.78 is 5.74. The van der Waals surface area contributed by atoms with Gasteiger partial charge >= 0.3 is 0 Å². The molecule has 1 atom stereocenters. The molecule has 0 aliphatic carbocycles. The van der Waals surface area contributed by atoms with E-state index in [0.717, 1.165) is 36.5 Å². The Morgan fingerprint density at radius 3 is 2.42 bits per heavy atom. The number of aryl methyl sites for hydroxylation is 1. The van der Waals surface area contributed by atoms with E-state index in [1.165, 1.54) is 16.7 Å². The fourth-order valence-electron chi connectivity index (χ4n) is 4.36. The zero-order chi connectivity index (χ0) is 23.2. The third-order valence-electron chi connectivity index (χ3n) is 6.34. The second-order valence-electron chi connectivity index (χ2n) is 8.85. The lowest BCUT2D eigenvalue weighted by Gasteiger charge is -2.36. The molecule has 172 valence electrons. The largest absolute Gasteiger partial charge is 0.484 e. The summed E-state index contributed by atoms with van der Waals surface area (Å²) in [5.41, 5.74) is 6.19. The van der Waals surface area contributed by atoms with Gasteiger partial charge in [0, 0.05) is 39.4 Å². The van der Waals surface area contributed by atoms with Crippen LogP contribution in [0.2, 0.25) is 0 Å². The standard InChI is InChI=1S/C28H33N3O2/c1-21-8-4-7-11-27(21)33-20-28(32)29-18-26(23-12-14-25(15-13-23)30(2)3)31-17-16-22-9-5-6-10-24(22)19-31/h4-15,26H,16-20H2,1-3H3,(H,29,32)/t26-/m1/s1. The number of hydrogen-bond donors (Lipinski definition) is 1. The van der Waals surface area contributed by atoms with E-state index in [-0.39, 0.29) is 18.6 Å². The van der Waals surface area contributed by atoms with Crippen molar-refractivity contribution in [2.24, 2.45) is 0 Å². The van der Waals surface area contributed by atoms with Crippen LogP contribution in [-0.2, 0) is 17.8 Å². The van der Waals surface area contributed by atoms with Gasteiger partial charge in [-0.2, -0.15) is 0 Å². The Morgan fingerprint density at radius 2 is 1.70 bits per heavy atom. The minimum atomic E-state index is -0.106. The zero-order valence-electron chi connectivity index (χ0n) is 19.8. The van der Waals surface area contributed by atoms with Gasteiger partial charge in [-0.25, -0.2) is 0 Å². The summed E-state index contributed by atoms with van der Waals surface area (Å²) in [4.78, 5) is 17.2. The molecule has 0 aromatic heterocycles. The Balaban J connectivity index is 1.46. The number of carbonyl (C=O) groups excluding carboxylic acids is 1. The molecule has 33 heavy (non-hydrogen) atoms. The van der Waals surface area contributed by atoms with Crippen molar-refractivity contribution in [2.45, 2.75) is 25.9 Å². The Hall–Kier alpha value is -3.31. The lowest BCUT2D eigenvalue weighted by atomic mass is 9.96. The van der Waals surface area contributed by atoms with Crippen LogP contribution in [-0.4, -0.2) is 44.6 Å². The normalized spacial score (nSPS) is 14.3. The molecular formula is C28H33N3O2. The number of carbonyl (C=O) groups is 1. The first-order chi connectivity index (χ1) is 16.0. The molecule has 1 aliphatic rings. The van der Waals surface area contributed by atoms with Gasteiger partial charge in [-0.1, -0.05) is 54.6 Å². The van der Waals surface area contributed by atoms with E-state index >= 15 is 0 Å². The summed E-state index contributed by atoms with van der Waals surface area (Å²) in [5.74, 6) is 0.640. The van der Waals surface area contributed by atoms with Crippen molar-refractivity contribution in [1.29, 1.82) is 0 Å². The number of nitrogens with zero attached hydrogens (tertiary/aromatic N) is 2. The molecule has 3 aromatic rings. The van der Waals surface area contributed by atoms with E-state index in [2.05, 4.69) is 63.6 Å². The second-order valence-corrected chi connectivity index (χ2v) is 8.85. The van der Waals surface area contributed by atoms with Crippen LogP contribution in [0.25, 0.3) is 0 Å². The first kappa shape index (κ1) is 22.9. The number of benzene rings is 3. The van der Waals surface area contributed by atoms with Crippen molar-refractivity contribution >= 4 is 11.6 Å². The molecule has 3 aromatic carbocycles. The average Bonchev–Trinajstić information content (AvgIpc) is 2.84. The highest BCUT2D eigenvalue weighted by atomic mass is 16.5. The Bertz CT molecular complexity index is 1080. The third-order valence-corrected chi connectivity index (χ3v) is 6.34. The minimum Gasteiger partial charge on any atom is -0.484 e. The van der Waals surface area contributed by atoms with Crippen LogP contribution < -0.4 is 15.0 Å². The Morgan fingerprint density at radius 1 is 1.00 bits per heavy atom. The molecule has 0 saturated heterocycles. The molecular weight excluding hydrogens is 410 g/mol. The zero-order valence-corrected chi connectivity index (χ0v) is 19.8. The maximum Gasteiger partial charge on any atom is 0.258 e. The topological polar surface area (TPSA) is 44.8 Å². The monoisotopic (exact) mass is 443 g/mol. The van der Waals surface area contributed by atoms with Gasteiger partial charge in [-0.15, -0.1) is 0 Å². The maximum atomic E-state index is 12.6. The van der Waals surface area contributed by atoms with Crippen LogP contribution >= 0.6 is 0 Å². The lowest BCUT2D eigenvalue weighted by molar-refractivity contribution is -0.123. The first-order valence-corrected chi connectivity index (χ1v) is 11.5. The molecule has 0 saturated carbocycles. The van der Waals surface area contributed by atoms with Gasteiger partial charge in [0.2, 0.25) is 0 Å². The molecule has 0 unspecified atom stereocenters. The van der Waals surface area contributed by atoms with Crippen molar-refractivity contribution in [1.82, 2.24) is 10.2 Å². The molecule has 0 radical (unpaired) electrons. The van der Waals surface area contributed by atoms with E-state index < -0.39 is 0 Å². The van der Waals surface area contributed by atoms with Crippen molar-refractivity contribution in [3.05, 3.63) is 95.1 Å². The van der Waals surface area contributed by atoms with Crippen LogP contribution in [0.1, 0.15) is 28.3 Å². The van der Waals surface area contributed by atoms with Crippen LogP contribution in [0.3, 0.4) is 0 Å². The highest BCUT2D eigenvalue weighted by Gasteiger charge is 2.25. The van der Waals surface area contributed by atoms with Crippen molar-refractivity contribution in [2.75, 3.05) is 38.7 Å². The molecule has 1 N–H and O–H groups in total. The van der Waals surface area contributed by atoms with Gasteiger partial charge < -0.3 is 15.0 Å². The van der Waals surface area contributed by atoms with Gasteiger partial charge in [-0.05, 0) is 53.8 Å². The van der Waals surface area contributed by atoms with Crippen LogP contribution in [0.4, 0.5) is 5.69 Å². The summed E-state index contributed by atoms with van der Waals surface area (Å²) in [6.07, 6.45) is 1.02. The fourth-order valence-corrected chi connectivity index (χ4v) is 4.36. The number of para-hydroxylation sites is 1. The predicted molar refractivity (Wildman–Crippen MR) is 134 cm³/mol. The molecule has 0 bridgehead atoms. The van der Waals surface area contributed by atoms with Gasteiger partial charge in [0.15, 0.2) is 6.61 Å². The van der Waals surface area contributed by atoms with E-state index in [0.29, 0.717) is 6.54 Å². The fraction of sp³-hybridized carbons (Fsp3) is 0.321. The van der Waals surface area contributed by atoms with Crippen LogP contribution in [0, 0.1) is 6.92 Å². The first-order valence-electron chi connectivity index (χ1n) is 11.5. The Kier molecular flexibility index (Phi) is 7.30. The van der Waals surface area contributed by atoms with E-state index in [1.54, 1.807) is 0 Å². The minimum absolute atomic E-state index is 0.0139. The van der Waals surface area contributed by atoms with Crippen molar-refractivity contribution in [3.63, 3.8) is 0 Å². The SMILES string of the molecule is Cc1ccccc1OCC(=O)NC[C@H](c1ccc(N(C)C)cc1)N1CCc2ccccc2C1. The molecule has 1 aliphatic heterocycles. The van der Waals surface area contributed by atoms with Crippen LogP contribution in [0.5, 0.6) is 5.75 Å². The number of rotatable bonds is 8. The maximum absolute atomic E-state index is 12.6. The smallest absolute Gasteiger partial charge is 0.258 e. The van der Waals surface area contributed by atoms with Gasteiger partial charge in [0.25, 0.3) is 5.91 Å². The quantitative estimate of drug-likeness (QED) is 0.562. The summed E-state index contributed by atoms with van der Waals surface area (Å²) in [6, 6.07) is 25.1. The van der Waals surface area contributed by atoms with E-state index in [1.807, 2.05) is 45.3 Å². The summed E-state index contributed by atoms with van der Waals surface area (Å²) in [6.45, 7) is 4.38. The van der Waals surface area contributed by atoms with Crippen molar-refractivity contribution in [3.8, 4) is 5.75 Å². The number of fused-ring (bicyclic) bond motifs is 1. The number of nitrogens with one attached hydrogen (secondary N) is 1. The Labute approximate surface area is 197 Å². The van der Waals surface area contributed by atoms with E-state index in [9.17, 15) is 4.79 Å². The molecule has 5 heteroatoms. The highest BCUT2D eigenvalue weighted by Crippen LogP contribution is 2.28. The van der Waals surface area contributed by atoms with Crippen molar-refractivity contribution < 1.29 is 9.53 Å². The molecule has 1 heterocycles. The average molecular weight is 444 g/mol. The number of amides is 1. The third kappa shape index (κ3) is 5.74. The molecule has 0 spiro atoms. The van der Waals surface area contributed by atoms with Gasteiger partial charge in [0.05, 0.1) is 6.04 Å². The second kappa shape index (κ2) is 10.5. The molecule has 0 fully saturated rings.